The summed E-state index contributed by atoms with van der Waals surface area (Å²) in [6.07, 6.45) is 4.70. The molecule has 1 atom stereocenters. The summed E-state index contributed by atoms with van der Waals surface area (Å²) < 4.78 is 15.0. The van der Waals surface area contributed by atoms with Gasteiger partial charge in [0, 0.05) is 36.7 Å². The largest absolute Gasteiger partial charge is 0.367 e. The first kappa shape index (κ1) is 19.3. The number of nitrogens with zero attached hydrogens (tertiary/aromatic N) is 5. The molecule has 2 aromatic heterocycles. The zero-order valence-electron chi connectivity index (χ0n) is 16.7. The summed E-state index contributed by atoms with van der Waals surface area (Å²) in [5, 5.41) is 8.80. The van der Waals surface area contributed by atoms with Crippen molar-refractivity contribution in [3.05, 3.63) is 52.8 Å². The van der Waals surface area contributed by atoms with Crippen molar-refractivity contribution in [1.82, 2.24) is 19.7 Å². The average Bonchev–Trinajstić information content (AvgIpc) is 2.72. The van der Waals surface area contributed by atoms with Gasteiger partial charge in [-0.3, -0.25) is 4.79 Å². The van der Waals surface area contributed by atoms with E-state index in [1.165, 1.54) is 23.1 Å². The van der Waals surface area contributed by atoms with Gasteiger partial charge in [-0.2, -0.15) is 5.10 Å². The molecule has 3 heterocycles. The molecule has 0 spiro atoms. The summed E-state index contributed by atoms with van der Waals surface area (Å²) in [7, 11) is 0. The molecule has 1 N–H and O–H groups in total. The molecule has 1 fully saturated rings. The molecule has 0 saturated carbocycles. The topological polar surface area (TPSA) is 75.9 Å². The minimum atomic E-state index is -0.313. The number of fused-ring (bicyclic) bond motifs is 1. The minimum Gasteiger partial charge on any atom is -0.367 e. The van der Waals surface area contributed by atoms with Crippen molar-refractivity contribution in [2.45, 2.75) is 45.2 Å². The van der Waals surface area contributed by atoms with Crippen LogP contribution in [0, 0.1) is 5.82 Å². The van der Waals surface area contributed by atoms with Crippen LogP contribution in [0.4, 0.5) is 16.0 Å². The Kier molecular flexibility index (Phi) is 5.42. The third-order valence-electron chi connectivity index (χ3n) is 5.33. The molecule has 1 unspecified atom stereocenters. The number of aromatic nitrogens is 4. The summed E-state index contributed by atoms with van der Waals surface area (Å²) in [5.41, 5.74) is 0.490. The van der Waals surface area contributed by atoms with Gasteiger partial charge in [-0.05, 0) is 51.3 Å². The van der Waals surface area contributed by atoms with Crippen LogP contribution in [-0.2, 0) is 0 Å². The molecule has 4 rings (SSSR count). The first-order valence-electron chi connectivity index (χ1n) is 10.0. The second-order valence-corrected chi connectivity index (χ2v) is 7.68. The van der Waals surface area contributed by atoms with Crippen LogP contribution in [0.1, 0.15) is 39.2 Å². The van der Waals surface area contributed by atoms with Gasteiger partial charge >= 0.3 is 0 Å². The normalized spacial score (nSPS) is 17.1. The monoisotopic (exact) mass is 396 g/mol. The summed E-state index contributed by atoms with van der Waals surface area (Å²) in [6.45, 7) is 5.48. The molecule has 1 aromatic carbocycles. The molecule has 3 aromatic rings. The van der Waals surface area contributed by atoms with Gasteiger partial charge in [0.05, 0.1) is 11.6 Å². The van der Waals surface area contributed by atoms with Crippen molar-refractivity contribution in [3.8, 4) is 0 Å². The number of rotatable bonds is 5. The SMILES string of the molecule is CC(C)n1nc(N2CCCCC2CNc2ncnc3cc(F)ccc23)ccc1=O. The molecule has 0 bridgehead atoms. The molecule has 0 amide bonds. The van der Waals surface area contributed by atoms with Gasteiger partial charge in [0.15, 0.2) is 0 Å². The van der Waals surface area contributed by atoms with E-state index in [4.69, 9.17) is 0 Å². The highest BCUT2D eigenvalue weighted by molar-refractivity contribution is 5.88. The van der Waals surface area contributed by atoms with Crippen LogP contribution in [0.5, 0.6) is 0 Å². The highest BCUT2D eigenvalue weighted by Gasteiger charge is 2.24. The van der Waals surface area contributed by atoms with E-state index in [9.17, 15) is 9.18 Å². The lowest BCUT2D eigenvalue weighted by Gasteiger charge is -2.37. The maximum atomic E-state index is 13.5. The van der Waals surface area contributed by atoms with Crippen LogP contribution in [0.3, 0.4) is 0 Å². The minimum absolute atomic E-state index is 0.0107. The maximum Gasteiger partial charge on any atom is 0.267 e. The number of halogens is 1. The first-order chi connectivity index (χ1) is 14.0. The molecule has 0 radical (unpaired) electrons. The molecule has 152 valence electrons. The molecular weight excluding hydrogens is 371 g/mol. The van der Waals surface area contributed by atoms with Gasteiger partial charge in [0.1, 0.15) is 23.8 Å². The van der Waals surface area contributed by atoms with Crippen LogP contribution in [-0.4, -0.2) is 38.9 Å². The number of hydrogen-bond donors (Lipinski definition) is 1. The number of benzene rings is 1. The quantitative estimate of drug-likeness (QED) is 0.713. The fourth-order valence-corrected chi connectivity index (χ4v) is 3.84. The Hall–Kier alpha value is -3.03. The standard InChI is InChI=1S/C21H25FN6O/c1-14(2)28-20(29)9-8-19(26-28)27-10-4-3-5-16(27)12-23-21-17-7-6-15(22)11-18(17)24-13-25-21/h6-9,11,13-14,16H,3-5,10,12H2,1-2H3,(H,23,24,25). The predicted molar refractivity (Wildman–Crippen MR) is 112 cm³/mol. The second kappa shape index (κ2) is 8.14. The summed E-state index contributed by atoms with van der Waals surface area (Å²) >= 11 is 0. The van der Waals surface area contributed by atoms with E-state index >= 15 is 0 Å². The Balaban J connectivity index is 1.56. The van der Waals surface area contributed by atoms with Crippen LogP contribution >= 0.6 is 0 Å². The van der Waals surface area contributed by atoms with Crippen molar-refractivity contribution in [3.63, 3.8) is 0 Å². The van der Waals surface area contributed by atoms with Gasteiger partial charge in [0.25, 0.3) is 5.56 Å². The van der Waals surface area contributed by atoms with Gasteiger partial charge in [0.2, 0.25) is 0 Å². The van der Waals surface area contributed by atoms with E-state index in [2.05, 4.69) is 25.3 Å². The number of piperidine rings is 1. The Morgan fingerprint density at radius 1 is 1.21 bits per heavy atom. The van der Waals surface area contributed by atoms with Crippen LogP contribution in [0.2, 0.25) is 0 Å². The Morgan fingerprint density at radius 3 is 2.90 bits per heavy atom. The van der Waals surface area contributed by atoms with Gasteiger partial charge < -0.3 is 10.2 Å². The Labute approximate surface area is 168 Å². The molecule has 29 heavy (non-hydrogen) atoms. The molecule has 1 aliphatic heterocycles. The number of anilines is 2. The summed E-state index contributed by atoms with van der Waals surface area (Å²) in [4.78, 5) is 22.8. The third kappa shape index (κ3) is 4.06. The van der Waals surface area contributed by atoms with E-state index in [0.29, 0.717) is 17.9 Å². The highest BCUT2D eigenvalue weighted by Crippen LogP contribution is 2.25. The lowest BCUT2D eigenvalue weighted by molar-refractivity contribution is 0.451. The molecule has 1 aliphatic rings. The van der Waals surface area contributed by atoms with E-state index in [1.54, 1.807) is 12.1 Å². The van der Waals surface area contributed by atoms with Crippen molar-refractivity contribution in [2.75, 3.05) is 23.3 Å². The van der Waals surface area contributed by atoms with Crippen molar-refractivity contribution < 1.29 is 4.39 Å². The lowest BCUT2D eigenvalue weighted by Crippen LogP contribution is -2.45. The average molecular weight is 396 g/mol. The van der Waals surface area contributed by atoms with Crippen molar-refractivity contribution >= 4 is 22.5 Å². The Bertz CT molecular complexity index is 1070. The summed E-state index contributed by atoms with van der Waals surface area (Å²) in [6, 6.07) is 8.16. The van der Waals surface area contributed by atoms with E-state index in [-0.39, 0.29) is 23.5 Å². The number of nitrogens with one attached hydrogen (secondary N) is 1. The van der Waals surface area contributed by atoms with Crippen LogP contribution in [0.25, 0.3) is 10.9 Å². The van der Waals surface area contributed by atoms with E-state index < -0.39 is 0 Å². The highest BCUT2D eigenvalue weighted by atomic mass is 19.1. The smallest absolute Gasteiger partial charge is 0.267 e. The van der Waals surface area contributed by atoms with Crippen LogP contribution < -0.4 is 15.8 Å². The summed E-state index contributed by atoms with van der Waals surface area (Å²) in [5.74, 6) is 1.20. The van der Waals surface area contributed by atoms with Gasteiger partial charge in [-0.1, -0.05) is 0 Å². The molecule has 1 saturated heterocycles. The fraction of sp³-hybridized carbons (Fsp3) is 0.429. The number of hydrogen-bond acceptors (Lipinski definition) is 6. The van der Waals surface area contributed by atoms with Gasteiger partial charge in [-0.25, -0.2) is 19.0 Å². The van der Waals surface area contributed by atoms with Crippen molar-refractivity contribution in [1.29, 1.82) is 0 Å². The van der Waals surface area contributed by atoms with E-state index in [0.717, 1.165) is 37.0 Å². The lowest BCUT2D eigenvalue weighted by atomic mass is 10.0. The third-order valence-corrected chi connectivity index (χ3v) is 5.33. The zero-order chi connectivity index (χ0) is 20.4. The maximum absolute atomic E-state index is 13.5. The fourth-order valence-electron chi connectivity index (χ4n) is 3.84. The molecule has 8 heteroatoms. The van der Waals surface area contributed by atoms with E-state index in [1.807, 2.05) is 19.9 Å². The van der Waals surface area contributed by atoms with Crippen molar-refractivity contribution in [2.24, 2.45) is 0 Å². The first-order valence-corrected chi connectivity index (χ1v) is 10.0. The Morgan fingerprint density at radius 2 is 2.07 bits per heavy atom. The zero-order valence-corrected chi connectivity index (χ0v) is 16.7. The van der Waals surface area contributed by atoms with Gasteiger partial charge in [-0.15, -0.1) is 0 Å². The van der Waals surface area contributed by atoms with Crippen LogP contribution in [0.15, 0.2) is 41.5 Å². The molecule has 7 nitrogen and oxygen atoms in total. The predicted octanol–water partition coefficient (Wildman–Crippen LogP) is 3.38. The molecule has 0 aliphatic carbocycles. The second-order valence-electron chi connectivity index (χ2n) is 7.68. The molecular formula is C21H25FN6O.